The van der Waals surface area contributed by atoms with Crippen molar-refractivity contribution in [1.82, 2.24) is 5.32 Å². The molecule has 19 heavy (non-hydrogen) atoms. The van der Waals surface area contributed by atoms with Gasteiger partial charge in [-0.1, -0.05) is 6.07 Å². The lowest BCUT2D eigenvalue weighted by atomic mass is 9.92. The summed E-state index contributed by atoms with van der Waals surface area (Å²) in [7, 11) is 0. The van der Waals surface area contributed by atoms with Crippen molar-refractivity contribution in [3.8, 4) is 0 Å². The van der Waals surface area contributed by atoms with Gasteiger partial charge in [0.05, 0.1) is 0 Å². The van der Waals surface area contributed by atoms with Gasteiger partial charge in [0.1, 0.15) is 0 Å². The van der Waals surface area contributed by atoms with Gasteiger partial charge in [0.15, 0.2) is 0 Å². The summed E-state index contributed by atoms with van der Waals surface area (Å²) in [6.07, 6.45) is 3.40. The van der Waals surface area contributed by atoms with E-state index in [1.165, 1.54) is 34.2 Å². The molecule has 0 saturated carbocycles. The highest BCUT2D eigenvalue weighted by Crippen LogP contribution is 2.21. The molecule has 0 heterocycles. The molecule has 0 aliphatic heterocycles. The number of hydrogen-bond acceptors (Lipinski definition) is 2. The molecule has 0 aliphatic carbocycles. The van der Waals surface area contributed by atoms with Gasteiger partial charge in [-0.3, -0.25) is 0 Å². The van der Waals surface area contributed by atoms with Crippen molar-refractivity contribution < 1.29 is 0 Å². The fourth-order valence-corrected chi connectivity index (χ4v) is 2.56. The number of hydrogen-bond donors (Lipinski definition) is 2. The van der Waals surface area contributed by atoms with Crippen LogP contribution in [0.3, 0.4) is 0 Å². The second kappa shape index (κ2) is 7.66. The molecule has 1 unspecified atom stereocenters. The third-order valence-corrected chi connectivity index (χ3v) is 4.09. The first kappa shape index (κ1) is 16.2. The lowest BCUT2D eigenvalue weighted by molar-refractivity contribution is 0.575. The number of rotatable bonds is 7. The third-order valence-electron chi connectivity index (χ3n) is 4.09. The minimum absolute atomic E-state index is 0.325. The molecule has 108 valence electrons. The fourth-order valence-electron chi connectivity index (χ4n) is 2.56. The molecule has 3 N–H and O–H groups in total. The summed E-state index contributed by atoms with van der Waals surface area (Å²) >= 11 is 0. The molecular weight excluding hydrogens is 232 g/mol. The van der Waals surface area contributed by atoms with Gasteiger partial charge in [0.2, 0.25) is 0 Å². The second-order valence-electron chi connectivity index (χ2n) is 5.86. The van der Waals surface area contributed by atoms with Crippen LogP contribution in [0, 0.1) is 27.7 Å². The SMILES string of the molecule is Cc1cc(C)c(C)c(CCNCCCC(C)N)c1C. The Bertz CT molecular complexity index is 382. The van der Waals surface area contributed by atoms with Crippen molar-refractivity contribution in [3.05, 3.63) is 33.9 Å². The lowest BCUT2D eigenvalue weighted by Crippen LogP contribution is -2.22. The number of nitrogens with two attached hydrogens (primary N) is 1. The molecule has 0 radical (unpaired) electrons. The van der Waals surface area contributed by atoms with E-state index >= 15 is 0 Å². The van der Waals surface area contributed by atoms with Crippen molar-refractivity contribution in [2.45, 2.75) is 59.9 Å². The summed E-state index contributed by atoms with van der Waals surface area (Å²) in [5.41, 5.74) is 13.0. The Morgan fingerprint density at radius 3 is 2.16 bits per heavy atom. The van der Waals surface area contributed by atoms with Gasteiger partial charge in [-0.05, 0) is 94.8 Å². The van der Waals surface area contributed by atoms with E-state index in [0.29, 0.717) is 6.04 Å². The van der Waals surface area contributed by atoms with Crippen molar-refractivity contribution in [2.75, 3.05) is 13.1 Å². The summed E-state index contributed by atoms with van der Waals surface area (Å²) in [5.74, 6) is 0. The van der Waals surface area contributed by atoms with E-state index in [2.05, 4.69) is 46.0 Å². The van der Waals surface area contributed by atoms with E-state index < -0.39 is 0 Å². The van der Waals surface area contributed by atoms with Crippen molar-refractivity contribution in [3.63, 3.8) is 0 Å². The molecule has 1 atom stereocenters. The van der Waals surface area contributed by atoms with Gasteiger partial charge in [0.25, 0.3) is 0 Å². The number of benzene rings is 1. The zero-order valence-corrected chi connectivity index (χ0v) is 13.3. The van der Waals surface area contributed by atoms with E-state index in [4.69, 9.17) is 5.73 Å². The molecule has 1 aromatic carbocycles. The Morgan fingerprint density at radius 2 is 1.63 bits per heavy atom. The third kappa shape index (κ3) is 4.96. The number of aryl methyl sites for hydroxylation is 2. The molecule has 0 bridgehead atoms. The predicted molar refractivity (Wildman–Crippen MR) is 84.8 cm³/mol. The maximum absolute atomic E-state index is 5.74. The average Bonchev–Trinajstić information content (AvgIpc) is 2.34. The molecule has 0 amide bonds. The van der Waals surface area contributed by atoms with Crippen LogP contribution in [-0.4, -0.2) is 19.1 Å². The maximum Gasteiger partial charge on any atom is 0.00109 e. The quantitative estimate of drug-likeness (QED) is 0.741. The van der Waals surface area contributed by atoms with E-state index in [9.17, 15) is 0 Å². The Balaban J connectivity index is 2.45. The van der Waals surface area contributed by atoms with Gasteiger partial charge >= 0.3 is 0 Å². The minimum Gasteiger partial charge on any atom is -0.328 e. The zero-order valence-electron chi connectivity index (χ0n) is 13.3. The molecule has 0 fully saturated rings. The van der Waals surface area contributed by atoms with Crippen LogP contribution >= 0.6 is 0 Å². The van der Waals surface area contributed by atoms with Crippen LogP contribution in [-0.2, 0) is 6.42 Å². The highest BCUT2D eigenvalue weighted by molar-refractivity contribution is 5.44. The van der Waals surface area contributed by atoms with Gasteiger partial charge in [-0.2, -0.15) is 0 Å². The smallest absolute Gasteiger partial charge is 0.00109 e. The standard InChI is InChI=1S/C17H30N2/c1-12-11-13(2)16(5)17(15(12)4)8-10-19-9-6-7-14(3)18/h11,14,19H,6-10,18H2,1-5H3. The molecule has 1 rings (SSSR count). The van der Waals surface area contributed by atoms with Gasteiger partial charge in [0, 0.05) is 6.04 Å². The zero-order chi connectivity index (χ0) is 14.4. The molecule has 1 aromatic rings. The van der Waals surface area contributed by atoms with Crippen LogP contribution in [0.2, 0.25) is 0 Å². The minimum atomic E-state index is 0.325. The highest BCUT2D eigenvalue weighted by Gasteiger charge is 2.07. The van der Waals surface area contributed by atoms with Crippen LogP contribution in [0.25, 0.3) is 0 Å². The largest absolute Gasteiger partial charge is 0.328 e. The first-order valence-corrected chi connectivity index (χ1v) is 7.46. The van der Waals surface area contributed by atoms with Crippen LogP contribution in [0.5, 0.6) is 0 Å². The molecule has 0 spiro atoms. The highest BCUT2D eigenvalue weighted by atomic mass is 14.8. The van der Waals surface area contributed by atoms with Crippen molar-refractivity contribution in [1.29, 1.82) is 0 Å². The average molecular weight is 262 g/mol. The Kier molecular flexibility index (Phi) is 6.53. The molecule has 2 nitrogen and oxygen atoms in total. The van der Waals surface area contributed by atoms with Crippen LogP contribution in [0.15, 0.2) is 6.07 Å². The summed E-state index contributed by atoms with van der Waals surface area (Å²) in [5, 5.41) is 3.53. The predicted octanol–water partition coefficient (Wildman–Crippen LogP) is 3.18. The Morgan fingerprint density at radius 1 is 1.05 bits per heavy atom. The van der Waals surface area contributed by atoms with Crippen LogP contribution in [0.4, 0.5) is 0 Å². The topological polar surface area (TPSA) is 38.0 Å². The normalized spacial score (nSPS) is 12.7. The van der Waals surface area contributed by atoms with E-state index in [-0.39, 0.29) is 0 Å². The van der Waals surface area contributed by atoms with E-state index in [0.717, 1.165) is 25.9 Å². The van der Waals surface area contributed by atoms with Gasteiger partial charge in [-0.25, -0.2) is 0 Å². The van der Waals surface area contributed by atoms with Crippen LogP contribution < -0.4 is 11.1 Å². The van der Waals surface area contributed by atoms with Crippen LogP contribution in [0.1, 0.15) is 47.6 Å². The van der Waals surface area contributed by atoms with E-state index in [1.54, 1.807) is 0 Å². The maximum atomic E-state index is 5.74. The molecule has 0 aliphatic rings. The second-order valence-corrected chi connectivity index (χ2v) is 5.86. The van der Waals surface area contributed by atoms with Crippen molar-refractivity contribution >= 4 is 0 Å². The number of nitrogens with one attached hydrogen (secondary N) is 1. The van der Waals surface area contributed by atoms with Gasteiger partial charge < -0.3 is 11.1 Å². The fraction of sp³-hybridized carbons (Fsp3) is 0.647. The first-order chi connectivity index (χ1) is 8.93. The lowest BCUT2D eigenvalue weighted by Gasteiger charge is -2.15. The summed E-state index contributed by atoms with van der Waals surface area (Å²) in [6, 6.07) is 2.62. The first-order valence-electron chi connectivity index (χ1n) is 7.46. The van der Waals surface area contributed by atoms with Crippen molar-refractivity contribution in [2.24, 2.45) is 5.73 Å². The Labute approximate surface area is 118 Å². The molecule has 0 saturated heterocycles. The summed E-state index contributed by atoms with van der Waals surface area (Å²) in [4.78, 5) is 0. The monoisotopic (exact) mass is 262 g/mol. The molecule has 2 heteroatoms. The molecular formula is C17H30N2. The van der Waals surface area contributed by atoms with E-state index in [1.807, 2.05) is 0 Å². The summed E-state index contributed by atoms with van der Waals surface area (Å²) < 4.78 is 0. The van der Waals surface area contributed by atoms with Gasteiger partial charge in [-0.15, -0.1) is 0 Å². The summed E-state index contributed by atoms with van der Waals surface area (Å²) in [6.45, 7) is 13.1. The molecule has 0 aromatic heterocycles. The Hall–Kier alpha value is -0.860.